The van der Waals surface area contributed by atoms with Crippen molar-refractivity contribution in [3.63, 3.8) is 0 Å². The van der Waals surface area contributed by atoms with Crippen molar-refractivity contribution in [3.8, 4) is 0 Å². The summed E-state index contributed by atoms with van der Waals surface area (Å²) in [6.45, 7) is 9.21. The van der Waals surface area contributed by atoms with E-state index < -0.39 is 0 Å². The molecule has 106 valence electrons. The molecule has 0 aromatic carbocycles. The summed E-state index contributed by atoms with van der Waals surface area (Å²) in [7, 11) is 1.79. The zero-order valence-corrected chi connectivity index (χ0v) is 12.3. The maximum Gasteiger partial charge on any atom is 0.244 e. The highest BCUT2D eigenvalue weighted by Crippen LogP contribution is 2.18. The van der Waals surface area contributed by atoms with Crippen molar-refractivity contribution in [2.75, 3.05) is 30.8 Å². The summed E-state index contributed by atoms with van der Waals surface area (Å²) in [5.74, 6) is 1.53. The fraction of sp³-hybridized carbons (Fsp3) is 0.615. The Labute approximate surface area is 114 Å². The number of nitrogens with zero attached hydrogens (tertiary/aromatic N) is 3. The largest absolute Gasteiger partial charge is 0.370 e. The molecule has 1 heterocycles. The lowest BCUT2D eigenvalue weighted by Crippen LogP contribution is -2.39. The Morgan fingerprint density at radius 1 is 1.37 bits per heavy atom. The molecule has 6 nitrogen and oxygen atoms in total. The minimum Gasteiger partial charge on any atom is -0.370 e. The molecular weight excluding hydrogens is 242 g/mol. The summed E-state index contributed by atoms with van der Waals surface area (Å²) < 4.78 is 0. The predicted molar refractivity (Wildman–Crippen MR) is 77.3 cm³/mol. The topological polar surface area (TPSA) is 70.1 Å². The highest BCUT2D eigenvalue weighted by atomic mass is 16.2. The SMILES string of the molecule is CCNc1ncnc(NC(C)C(=O)N(C)CC)c1C. The minimum absolute atomic E-state index is 0.0468. The molecule has 19 heavy (non-hydrogen) atoms. The number of hydrogen-bond donors (Lipinski definition) is 2. The molecule has 0 aliphatic carbocycles. The third-order valence-electron chi connectivity index (χ3n) is 3.00. The van der Waals surface area contributed by atoms with Gasteiger partial charge < -0.3 is 15.5 Å². The fourth-order valence-corrected chi connectivity index (χ4v) is 1.69. The van der Waals surface area contributed by atoms with Gasteiger partial charge in [0, 0.05) is 25.7 Å². The minimum atomic E-state index is -0.312. The number of rotatable bonds is 6. The summed E-state index contributed by atoms with van der Waals surface area (Å²) in [5.41, 5.74) is 0.920. The van der Waals surface area contributed by atoms with Gasteiger partial charge in [0.15, 0.2) is 0 Å². The highest BCUT2D eigenvalue weighted by Gasteiger charge is 2.18. The summed E-state index contributed by atoms with van der Waals surface area (Å²) in [6, 6.07) is -0.312. The first-order valence-corrected chi connectivity index (χ1v) is 6.58. The van der Waals surface area contributed by atoms with Crippen LogP contribution in [-0.4, -0.2) is 47.0 Å². The Hall–Kier alpha value is -1.85. The van der Waals surface area contributed by atoms with Gasteiger partial charge >= 0.3 is 0 Å². The first-order chi connectivity index (χ1) is 9.01. The number of nitrogens with one attached hydrogen (secondary N) is 2. The van der Waals surface area contributed by atoms with Crippen molar-refractivity contribution in [3.05, 3.63) is 11.9 Å². The Kier molecular flexibility index (Phi) is 5.54. The maximum absolute atomic E-state index is 12.0. The van der Waals surface area contributed by atoms with Gasteiger partial charge in [0.25, 0.3) is 0 Å². The van der Waals surface area contributed by atoms with E-state index in [1.54, 1.807) is 11.9 Å². The summed E-state index contributed by atoms with van der Waals surface area (Å²) >= 11 is 0. The van der Waals surface area contributed by atoms with Gasteiger partial charge in [-0.25, -0.2) is 9.97 Å². The molecule has 1 aromatic rings. The second-order valence-electron chi connectivity index (χ2n) is 4.44. The summed E-state index contributed by atoms with van der Waals surface area (Å²) in [6.07, 6.45) is 1.49. The van der Waals surface area contributed by atoms with E-state index in [9.17, 15) is 4.79 Å². The second kappa shape index (κ2) is 6.92. The van der Waals surface area contributed by atoms with E-state index in [1.165, 1.54) is 6.33 Å². The molecule has 0 aliphatic heterocycles. The number of carbonyl (C=O) groups excluding carboxylic acids is 1. The van der Waals surface area contributed by atoms with Gasteiger partial charge in [0.05, 0.1) is 0 Å². The molecule has 1 atom stereocenters. The fourth-order valence-electron chi connectivity index (χ4n) is 1.69. The molecule has 0 bridgehead atoms. The first-order valence-electron chi connectivity index (χ1n) is 6.58. The van der Waals surface area contributed by atoms with E-state index in [2.05, 4.69) is 20.6 Å². The van der Waals surface area contributed by atoms with Gasteiger partial charge in [-0.05, 0) is 27.7 Å². The average Bonchev–Trinajstić information content (AvgIpc) is 2.41. The second-order valence-corrected chi connectivity index (χ2v) is 4.44. The molecule has 1 unspecified atom stereocenters. The molecule has 2 N–H and O–H groups in total. The number of aromatic nitrogens is 2. The van der Waals surface area contributed by atoms with Crippen LogP contribution in [0, 0.1) is 6.92 Å². The molecule has 6 heteroatoms. The van der Waals surface area contributed by atoms with E-state index >= 15 is 0 Å². The quantitative estimate of drug-likeness (QED) is 0.815. The molecule has 0 spiro atoms. The van der Waals surface area contributed by atoms with Crippen LogP contribution in [0.2, 0.25) is 0 Å². The molecule has 1 aromatic heterocycles. The summed E-state index contributed by atoms with van der Waals surface area (Å²) in [4.78, 5) is 22.1. The third kappa shape index (κ3) is 3.81. The number of hydrogen-bond acceptors (Lipinski definition) is 5. The Balaban J connectivity index is 2.82. The Morgan fingerprint density at radius 3 is 2.58 bits per heavy atom. The van der Waals surface area contributed by atoms with Gasteiger partial charge in [-0.2, -0.15) is 0 Å². The van der Waals surface area contributed by atoms with Crippen LogP contribution >= 0.6 is 0 Å². The van der Waals surface area contributed by atoms with Crippen LogP contribution in [0.1, 0.15) is 26.3 Å². The van der Waals surface area contributed by atoms with E-state index in [-0.39, 0.29) is 11.9 Å². The van der Waals surface area contributed by atoms with Crippen molar-refractivity contribution >= 4 is 17.5 Å². The molecule has 0 saturated heterocycles. The van der Waals surface area contributed by atoms with Crippen LogP contribution in [0.4, 0.5) is 11.6 Å². The van der Waals surface area contributed by atoms with Crippen molar-refractivity contribution in [2.45, 2.75) is 33.7 Å². The van der Waals surface area contributed by atoms with Crippen LogP contribution in [0.15, 0.2) is 6.33 Å². The van der Waals surface area contributed by atoms with Crippen LogP contribution in [0.5, 0.6) is 0 Å². The lowest BCUT2D eigenvalue weighted by atomic mass is 10.2. The molecule has 1 rings (SSSR count). The van der Waals surface area contributed by atoms with E-state index in [0.717, 1.165) is 17.9 Å². The molecule has 0 radical (unpaired) electrons. The van der Waals surface area contributed by atoms with Gasteiger partial charge in [-0.3, -0.25) is 4.79 Å². The van der Waals surface area contributed by atoms with Crippen molar-refractivity contribution in [1.82, 2.24) is 14.9 Å². The van der Waals surface area contributed by atoms with Crippen LogP contribution < -0.4 is 10.6 Å². The van der Waals surface area contributed by atoms with Crippen LogP contribution in [-0.2, 0) is 4.79 Å². The highest BCUT2D eigenvalue weighted by molar-refractivity contribution is 5.84. The molecule has 1 amide bonds. The summed E-state index contributed by atoms with van der Waals surface area (Å²) in [5, 5.41) is 6.31. The van der Waals surface area contributed by atoms with Gasteiger partial charge in [0.2, 0.25) is 5.91 Å². The normalized spacial score (nSPS) is 11.8. The molecular formula is C13H23N5O. The molecule has 0 fully saturated rings. The number of amides is 1. The first kappa shape index (κ1) is 15.2. The zero-order valence-electron chi connectivity index (χ0n) is 12.3. The standard InChI is InChI=1S/C13H23N5O/c1-6-14-11-9(3)12(16-8-15-11)17-10(4)13(19)18(5)7-2/h8,10H,6-7H2,1-5H3,(H2,14,15,16,17). The Bertz CT molecular complexity index is 435. The van der Waals surface area contributed by atoms with E-state index in [1.807, 2.05) is 27.7 Å². The number of anilines is 2. The van der Waals surface area contributed by atoms with Gasteiger partial charge in [-0.15, -0.1) is 0 Å². The van der Waals surface area contributed by atoms with E-state index in [4.69, 9.17) is 0 Å². The van der Waals surface area contributed by atoms with Crippen molar-refractivity contribution in [1.29, 1.82) is 0 Å². The monoisotopic (exact) mass is 265 g/mol. The maximum atomic E-state index is 12.0. The lowest BCUT2D eigenvalue weighted by Gasteiger charge is -2.22. The predicted octanol–water partition coefficient (Wildman–Crippen LogP) is 1.50. The Morgan fingerprint density at radius 2 is 2.00 bits per heavy atom. The van der Waals surface area contributed by atoms with E-state index in [0.29, 0.717) is 12.4 Å². The molecule has 0 saturated carbocycles. The lowest BCUT2D eigenvalue weighted by molar-refractivity contribution is -0.130. The number of likely N-dealkylation sites (N-methyl/N-ethyl adjacent to an activating group) is 1. The van der Waals surface area contributed by atoms with Gasteiger partial charge in [-0.1, -0.05) is 0 Å². The third-order valence-corrected chi connectivity index (χ3v) is 3.00. The smallest absolute Gasteiger partial charge is 0.244 e. The van der Waals surface area contributed by atoms with Crippen LogP contribution in [0.3, 0.4) is 0 Å². The van der Waals surface area contributed by atoms with Gasteiger partial charge in [0.1, 0.15) is 24.0 Å². The molecule has 0 aliphatic rings. The zero-order chi connectivity index (χ0) is 14.4. The van der Waals surface area contributed by atoms with Crippen molar-refractivity contribution < 1.29 is 4.79 Å². The van der Waals surface area contributed by atoms with Crippen LogP contribution in [0.25, 0.3) is 0 Å². The number of carbonyl (C=O) groups is 1. The van der Waals surface area contributed by atoms with Crippen molar-refractivity contribution in [2.24, 2.45) is 0 Å². The average molecular weight is 265 g/mol.